The van der Waals surface area contributed by atoms with E-state index in [1.165, 1.54) is 18.7 Å². The Morgan fingerprint density at radius 1 is 0.468 bits per heavy atom. The Hall–Kier alpha value is -7.70. The van der Waals surface area contributed by atoms with Crippen LogP contribution in [0.15, 0.2) is 122 Å². The molecule has 18 heteroatoms. The number of imidazole rings is 2. The van der Waals surface area contributed by atoms with E-state index in [4.69, 9.17) is 47.4 Å². The van der Waals surface area contributed by atoms with Gasteiger partial charge in [-0.05, 0) is 110 Å². The zero-order chi connectivity index (χ0) is 42.7. The maximum absolute atomic E-state index is 12.7. The largest absolute Gasteiger partial charge is 0.494 e. The number of epoxide rings is 2. The van der Waals surface area contributed by atoms with Crippen LogP contribution in [0.5, 0.6) is 46.0 Å². The van der Waals surface area contributed by atoms with Crippen LogP contribution in [0.1, 0.15) is 33.8 Å². The summed E-state index contributed by atoms with van der Waals surface area (Å²) >= 11 is 0. The van der Waals surface area contributed by atoms with E-state index in [1.807, 2.05) is 0 Å². The van der Waals surface area contributed by atoms with Gasteiger partial charge in [0.15, 0.2) is 11.4 Å². The van der Waals surface area contributed by atoms with Crippen molar-refractivity contribution in [3.05, 3.63) is 133 Å². The summed E-state index contributed by atoms with van der Waals surface area (Å²) in [6, 6.07) is 26.1. The highest BCUT2D eigenvalue weighted by atomic mass is 16.6. The molecular weight excluding hydrogens is 808 g/mol. The molecule has 0 amide bonds. The smallest absolute Gasteiger partial charge is 0.424 e. The van der Waals surface area contributed by atoms with Crippen LogP contribution >= 0.6 is 0 Å². The number of hydrogen-bond acceptors (Lipinski definition) is 16. The SMILES string of the molecule is O=C(Oc1ccc(OCC2CO2)cc1)c1cn(C(=O)Oc2ccc(OCCCCOc3ccc(OC(=O)c4cn(C(=O)Oc5ccc(OCC6CO6)cc5)cn4)cc3)cc2)cn1. The lowest BCUT2D eigenvalue weighted by Gasteiger charge is -2.09. The minimum atomic E-state index is -0.767. The summed E-state index contributed by atoms with van der Waals surface area (Å²) in [5, 5.41) is 0. The third-order valence-electron chi connectivity index (χ3n) is 8.88. The maximum Gasteiger partial charge on any atom is 0.424 e. The molecule has 8 rings (SSSR count). The van der Waals surface area contributed by atoms with Crippen molar-refractivity contribution in [3.8, 4) is 46.0 Å². The van der Waals surface area contributed by atoms with Crippen molar-refractivity contribution in [2.24, 2.45) is 0 Å². The molecule has 6 aromatic rings. The Morgan fingerprint density at radius 2 is 0.774 bits per heavy atom. The molecule has 0 saturated carbocycles. The van der Waals surface area contributed by atoms with Gasteiger partial charge in [0.25, 0.3) is 0 Å². The predicted molar refractivity (Wildman–Crippen MR) is 214 cm³/mol. The van der Waals surface area contributed by atoms with Gasteiger partial charge in [0.05, 0.1) is 26.4 Å². The van der Waals surface area contributed by atoms with E-state index in [9.17, 15) is 19.2 Å². The van der Waals surface area contributed by atoms with E-state index in [2.05, 4.69) is 9.97 Å². The fourth-order valence-corrected chi connectivity index (χ4v) is 5.39. The minimum absolute atomic E-state index is 0.0748. The number of rotatable bonds is 19. The van der Waals surface area contributed by atoms with Crippen LogP contribution < -0.4 is 37.9 Å². The van der Waals surface area contributed by atoms with Gasteiger partial charge in [-0.25, -0.2) is 38.3 Å². The van der Waals surface area contributed by atoms with Crippen LogP contribution in [0.25, 0.3) is 0 Å². The highest BCUT2D eigenvalue weighted by Gasteiger charge is 2.24. The van der Waals surface area contributed by atoms with E-state index in [0.29, 0.717) is 87.0 Å². The second-order valence-electron chi connectivity index (χ2n) is 13.7. The normalized spacial score (nSPS) is 14.8. The Bertz CT molecular complexity index is 2290. The maximum atomic E-state index is 12.7. The first-order valence-corrected chi connectivity index (χ1v) is 19.4. The van der Waals surface area contributed by atoms with Crippen LogP contribution in [-0.2, 0) is 9.47 Å². The molecule has 2 fully saturated rings. The molecule has 0 N–H and O–H groups in total. The average molecular weight is 847 g/mol. The van der Waals surface area contributed by atoms with Crippen LogP contribution in [-0.4, -0.2) is 95.1 Å². The Labute approximate surface area is 353 Å². The zero-order valence-electron chi connectivity index (χ0n) is 32.9. The van der Waals surface area contributed by atoms with Crippen molar-refractivity contribution in [2.45, 2.75) is 25.0 Å². The van der Waals surface area contributed by atoms with Gasteiger partial charge in [-0.2, -0.15) is 0 Å². The first-order chi connectivity index (χ1) is 30.3. The number of aromatic nitrogens is 4. The molecule has 2 saturated heterocycles. The quantitative estimate of drug-likeness (QED) is 0.0374. The Morgan fingerprint density at radius 3 is 1.11 bits per heavy atom. The standard InChI is InChI=1S/C44H38N4O14/c49-41(39-21-48(28-45-39)44(52)62-36-17-9-32(10-18-36)56-24-38-26-58-38)59-33-11-3-29(4-12-33)53-19-1-2-20-54-30-5-15-35(16-6-30)61-43(51)47-22-40(46-27-47)42(50)60-34-13-7-31(8-14-34)55-23-37-25-57-37/h3-18,21-22,27-28,37-38H,1-2,19-20,23-26H2. The third kappa shape index (κ3) is 12.0. The van der Waals surface area contributed by atoms with Crippen LogP contribution in [0.2, 0.25) is 0 Å². The highest BCUT2D eigenvalue weighted by Crippen LogP contribution is 2.24. The number of esters is 2. The lowest BCUT2D eigenvalue weighted by Crippen LogP contribution is -2.15. The van der Waals surface area contributed by atoms with Crippen molar-refractivity contribution in [3.63, 3.8) is 0 Å². The molecule has 2 atom stereocenters. The van der Waals surface area contributed by atoms with Gasteiger partial charge in [0.1, 0.15) is 84.1 Å². The van der Waals surface area contributed by atoms with Gasteiger partial charge in [0.2, 0.25) is 0 Å². The lowest BCUT2D eigenvalue weighted by atomic mass is 10.3. The summed E-state index contributed by atoms with van der Waals surface area (Å²) < 4.78 is 56.5. The molecule has 0 aliphatic carbocycles. The van der Waals surface area contributed by atoms with Crippen molar-refractivity contribution in [1.29, 1.82) is 0 Å². The molecule has 0 radical (unpaired) electrons. The van der Waals surface area contributed by atoms with E-state index in [-0.39, 0.29) is 35.1 Å². The molecule has 0 bridgehead atoms. The Balaban J connectivity index is 0.690. The van der Waals surface area contributed by atoms with Crippen molar-refractivity contribution < 1.29 is 66.5 Å². The fourth-order valence-electron chi connectivity index (χ4n) is 5.39. The van der Waals surface area contributed by atoms with Gasteiger partial charge < -0.3 is 47.4 Å². The second-order valence-corrected chi connectivity index (χ2v) is 13.7. The summed E-state index contributed by atoms with van der Waals surface area (Å²) in [5.74, 6) is 2.04. The number of benzene rings is 4. The topological polar surface area (TPSA) is 203 Å². The molecule has 2 aliphatic rings. The number of unbranched alkanes of at least 4 members (excludes halogenated alkanes) is 1. The molecule has 2 unspecified atom stereocenters. The first-order valence-electron chi connectivity index (χ1n) is 19.4. The van der Waals surface area contributed by atoms with Gasteiger partial charge >= 0.3 is 24.1 Å². The minimum Gasteiger partial charge on any atom is -0.494 e. The summed E-state index contributed by atoms with van der Waals surface area (Å²) in [7, 11) is 0. The highest BCUT2D eigenvalue weighted by molar-refractivity contribution is 5.90. The third-order valence-corrected chi connectivity index (χ3v) is 8.88. The van der Waals surface area contributed by atoms with Gasteiger partial charge in [0, 0.05) is 12.4 Å². The molecule has 318 valence electrons. The lowest BCUT2D eigenvalue weighted by molar-refractivity contribution is 0.0719. The van der Waals surface area contributed by atoms with Crippen molar-refractivity contribution in [2.75, 3.05) is 39.6 Å². The van der Waals surface area contributed by atoms with Gasteiger partial charge in [-0.15, -0.1) is 0 Å². The van der Waals surface area contributed by atoms with E-state index in [1.54, 1.807) is 97.1 Å². The van der Waals surface area contributed by atoms with E-state index >= 15 is 0 Å². The van der Waals surface area contributed by atoms with Crippen molar-refractivity contribution >= 4 is 24.1 Å². The molecule has 18 nitrogen and oxygen atoms in total. The molecular formula is C44H38N4O14. The van der Waals surface area contributed by atoms with Gasteiger partial charge in [-0.1, -0.05) is 0 Å². The fraction of sp³-hybridized carbons (Fsp3) is 0.227. The summed E-state index contributed by atoms with van der Waals surface area (Å²) in [4.78, 5) is 58.4. The van der Waals surface area contributed by atoms with E-state index < -0.39 is 24.1 Å². The average Bonchev–Trinajstić information content (AvgIpc) is 4.20. The predicted octanol–water partition coefficient (Wildman–Crippen LogP) is 6.41. The second kappa shape index (κ2) is 19.6. The summed E-state index contributed by atoms with van der Waals surface area (Å²) in [5.41, 5.74) is -0.156. The summed E-state index contributed by atoms with van der Waals surface area (Å²) in [6.07, 6.45) is 4.91. The van der Waals surface area contributed by atoms with Crippen LogP contribution in [0, 0.1) is 0 Å². The monoisotopic (exact) mass is 846 g/mol. The molecule has 0 spiro atoms. The zero-order valence-corrected chi connectivity index (χ0v) is 32.9. The number of carbonyl (C=O) groups is 4. The number of carbonyl (C=O) groups excluding carboxylic acids is 4. The van der Waals surface area contributed by atoms with E-state index in [0.717, 1.165) is 15.5 Å². The summed E-state index contributed by atoms with van der Waals surface area (Å²) in [6.45, 7) is 3.15. The molecule has 2 aromatic heterocycles. The number of hydrogen-bond donors (Lipinski definition) is 0. The Kier molecular flexibility index (Phi) is 13.0. The molecule has 62 heavy (non-hydrogen) atoms. The van der Waals surface area contributed by atoms with Crippen LogP contribution in [0.4, 0.5) is 9.59 Å². The molecule has 4 aromatic carbocycles. The number of ether oxygens (including phenoxy) is 10. The van der Waals surface area contributed by atoms with Gasteiger partial charge in [-0.3, -0.25) is 0 Å². The molecule has 2 aliphatic heterocycles. The molecule has 4 heterocycles. The van der Waals surface area contributed by atoms with Crippen molar-refractivity contribution in [1.82, 2.24) is 19.1 Å². The van der Waals surface area contributed by atoms with Crippen LogP contribution in [0.3, 0.4) is 0 Å². The number of nitrogens with zero attached hydrogens (tertiary/aromatic N) is 4. The first kappa shape index (κ1) is 41.1.